The fourth-order valence-corrected chi connectivity index (χ4v) is 3.43. The van der Waals surface area contributed by atoms with E-state index in [4.69, 9.17) is 14.2 Å². The number of phenols is 1. The van der Waals surface area contributed by atoms with Gasteiger partial charge in [0.1, 0.15) is 17.6 Å². The highest BCUT2D eigenvalue weighted by atomic mass is 16.7. The average Bonchev–Trinajstić information content (AvgIpc) is 2.85. The van der Waals surface area contributed by atoms with Crippen LogP contribution in [0.2, 0.25) is 0 Å². The second kappa shape index (κ2) is 15.5. The number of hydrogen-bond donors (Lipinski definition) is 1. The summed E-state index contributed by atoms with van der Waals surface area (Å²) in [4.78, 5) is 10.7. The minimum Gasteiger partial charge on any atom is -0.508 e. The van der Waals surface area contributed by atoms with Crippen molar-refractivity contribution in [3.8, 4) is 11.5 Å². The zero-order valence-corrected chi connectivity index (χ0v) is 20.2. The lowest BCUT2D eigenvalue weighted by Crippen LogP contribution is -2.19. The highest BCUT2D eigenvalue weighted by molar-refractivity contribution is 5.81. The second-order valence-electron chi connectivity index (χ2n) is 7.92. The summed E-state index contributed by atoms with van der Waals surface area (Å²) < 4.78 is 16.0. The molecular formula is C29H36O5. The molecule has 3 rings (SSSR count). The van der Waals surface area contributed by atoms with E-state index in [-0.39, 0.29) is 24.1 Å². The number of carbonyl (C=O) groups excluding carboxylic acids is 1. The topological polar surface area (TPSA) is 65.0 Å². The van der Waals surface area contributed by atoms with Crippen molar-refractivity contribution < 1.29 is 24.1 Å². The lowest BCUT2D eigenvalue weighted by molar-refractivity contribution is -0.144. The van der Waals surface area contributed by atoms with Gasteiger partial charge in [-0.25, -0.2) is 4.79 Å². The van der Waals surface area contributed by atoms with Crippen molar-refractivity contribution in [2.24, 2.45) is 0 Å². The molecule has 182 valence electrons. The molecule has 0 saturated heterocycles. The quantitative estimate of drug-likeness (QED) is 0.189. The normalized spacial score (nSPS) is 14.9. The maximum atomic E-state index is 10.7. The van der Waals surface area contributed by atoms with E-state index in [0.717, 1.165) is 29.7 Å². The fourth-order valence-electron chi connectivity index (χ4n) is 3.43. The number of rotatable bonds is 9. The maximum absolute atomic E-state index is 10.7. The molecule has 34 heavy (non-hydrogen) atoms. The van der Waals surface area contributed by atoms with Crippen LogP contribution in [0.15, 0.2) is 73.3 Å². The van der Waals surface area contributed by atoms with Gasteiger partial charge in [-0.05, 0) is 74.9 Å². The number of ether oxygens (including phenoxy) is 3. The summed E-state index contributed by atoms with van der Waals surface area (Å²) in [5, 5.41) is 9.23. The van der Waals surface area contributed by atoms with E-state index >= 15 is 0 Å². The molecule has 5 nitrogen and oxygen atoms in total. The van der Waals surface area contributed by atoms with E-state index in [1.807, 2.05) is 74.5 Å². The van der Waals surface area contributed by atoms with E-state index in [1.165, 1.54) is 25.3 Å². The lowest BCUT2D eigenvalue weighted by Gasteiger charge is -2.20. The predicted molar refractivity (Wildman–Crippen MR) is 137 cm³/mol. The first kappa shape index (κ1) is 26.9. The summed E-state index contributed by atoms with van der Waals surface area (Å²) >= 11 is 0. The van der Waals surface area contributed by atoms with Crippen molar-refractivity contribution in [3.63, 3.8) is 0 Å². The van der Waals surface area contributed by atoms with Crippen LogP contribution in [0.25, 0.3) is 12.2 Å². The molecule has 1 aliphatic carbocycles. The molecule has 5 heteroatoms. The van der Waals surface area contributed by atoms with E-state index < -0.39 is 0 Å². The van der Waals surface area contributed by atoms with Gasteiger partial charge in [0.25, 0.3) is 0 Å². The van der Waals surface area contributed by atoms with Crippen LogP contribution < -0.4 is 4.74 Å². The summed E-state index contributed by atoms with van der Waals surface area (Å²) in [6.07, 6.45) is 14.8. The number of benzene rings is 2. The highest BCUT2D eigenvalue weighted by Gasteiger charge is 2.15. The number of carbonyl (C=O) groups is 1. The van der Waals surface area contributed by atoms with Gasteiger partial charge in [0.05, 0.1) is 0 Å². The second-order valence-corrected chi connectivity index (χ2v) is 7.92. The van der Waals surface area contributed by atoms with Crippen molar-refractivity contribution in [1.82, 2.24) is 0 Å². The molecule has 1 aliphatic rings. The van der Waals surface area contributed by atoms with E-state index in [2.05, 4.69) is 6.58 Å². The SMILES string of the molecule is C=CC(=O)OC1CCCCC1.CCOC(C)Oc1ccc(C=CC=Cc2ccc(O)cc2)cc1. The summed E-state index contributed by atoms with van der Waals surface area (Å²) in [6, 6.07) is 14.9. The van der Waals surface area contributed by atoms with Crippen LogP contribution in [0.4, 0.5) is 0 Å². The van der Waals surface area contributed by atoms with Crippen LogP contribution in [-0.4, -0.2) is 30.1 Å². The number of phenolic OH excluding ortho intramolecular Hbond substituents is 1. The molecule has 0 aliphatic heterocycles. The van der Waals surface area contributed by atoms with E-state index in [1.54, 1.807) is 12.1 Å². The number of aromatic hydroxyl groups is 1. The van der Waals surface area contributed by atoms with Gasteiger partial charge in [-0.1, -0.05) is 61.6 Å². The van der Waals surface area contributed by atoms with Gasteiger partial charge in [0.2, 0.25) is 0 Å². The van der Waals surface area contributed by atoms with Crippen molar-refractivity contribution in [1.29, 1.82) is 0 Å². The molecule has 2 aromatic rings. The molecular weight excluding hydrogens is 428 g/mol. The van der Waals surface area contributed by atoms with Gasteiger partial charge in [-0.3, -0.25) is 0 Å². The standard InChI is InChI=1S/C20H22O3.C9H14O2/c1-3-22-16(2)23-20-14-10-18(11-15-20)7-5-4-6-17-8-12-19(21)13-9-17;1-2-9(10)11-8-6-4-3-5-7-8/h4-16,21H,3H2,1-2H3;2,8H,1,3-7H2. The Morgan fingerprint density at radius 3 is 2.09 bits per heavy atom. The number of hydrogen-bond acceptors (Lipinski definition) is 5. The van der Waals surface area contributed by atoms with Crippen LogP contribution >= 0.6 is 0 Å². The first-order valence-electron chi connectivity index (χ1n) is 11.8. The summed E-state index contributed by atoms with van der Waals surface area (Å²) in [6.45, 7) is 7.81. The van der Waals surface area contributed by atoms with Gasteiger partial charge in [-0.2, -0.15) is 0 Å². The predicted octanol–water partition coefficient (Wildman–Crippen LogP) is 6.93. The van der Waals surface area contributed by atoms with Crippen LogP contribution in [-0.2, 0) is 14.3 Å². The van der Waals surface area contributed by atoms with Crippen LogP contribution in [0.3, 0.4) is 0 Å². The number of esters is 1. The summed E-state index contributed by atoms with van der Waals surface area (Å²) in [7, 11) is 0. The third-order valence-electron chi connectivity index (χ3n) is 5.17. The van der Waals surface area contributed by atoms with Crippen molar-refractivity contribution in [2.45, 2.75) is 58.3 Å². The minimum atomic E-state index is -0.281. The monoisotopic (exact) mass is 464 g/mol. The molecule has 0 amide bonds. The zero-order valence-electron chi connectivity index (χ0n) is 20.2. The minimum absolute atomic E-state index is 0.161. The van der Waals surface area contributed by atoms with Crippen LogP contribution in [0.1, 0.15) is 57.1 Å². The van der Waals surface area contributed by atoms with Crippen molar-refractivity contribution >= 4 is 18.1 Å². The van der Waals surface area contributed by atoms with Crippen molar-refractivity contribution in [3.05, 3.63) is 84.5 Å². The average molecular weight is 465 g/mol. The molecule has 0 heterocycles. The molecule has 1 atom stereocenters. The molecule has 1 N–H and O–H groups in total. The highest BCUT2D eigenvalue weighted by Crippen LogP contribution is 2.20. The molecule has 0 bridgehead atoms. The molecule has 1 fully saturated rings. The number of allylic oxidation sites excluding steroid dienone is 2. The Morgan fingerprint density at radius 1 is 1.00 bits per heavy atom. The Balaban J connectivity index is 0.000000310. The third kappa shape index (κ3) is 11.0. The fraction of sp³-hybridized carbons (Fsp3) is 0.345. The Labute approximate surface area is 203 Å². The van der Waals surface area contributed by atoms with Gasteiger partial charge < -0.3 is 19.3 Å². The van der Waals surface area contributed by atoms with E-state index in [9.17, 15) is 9.90 Å². The zero-order chi connectivity index (χ0) is 24.6. The molecule has 0 aromatic heterocycles. The largest absolute Gasteiger partial charge is 0.508 e. The Morgan fingerprint density at radius 2 is 1.56 bits per heavy atom. The van der Waals surface area contributed by atoms with Gasteiger partial charge in [-0.15, -0.1) is 0 Å². The summed E-state index contributed by atoms with van der Waals surface area (Å²) in [5.74, 6) is 0.790. The van der Waals surface area contributed by atoms with Crippen molar-refractivity contribution in [2.75, 3.05) is 6.61 Å². The van der Waals surface area contributed by atoms with Gasteiger partial charge in [0, 0.05) is 12.7 Å². The molecule has 1 unspecified atom stereocenters. The first-order chi connectivity index (χ1) is 16.5. The Hall–Kier alpha value is -3.31. The first-order valence-corrected chi connectivity index (χ1v) is 11.8. The molecule has 2 aromatic carbocycles. The molecule has 0 spiro atoms. The van der Waals surface area contributed by atoms with Crippen LogP contribution in [0.5, 0.6) is 11.5 Å². The molecule has 1 saturated carbocycles. The van der Waals surface area contributed by atoms with E-state index in [0.29, 0.717) is 6.61 Å². The Bertz CT molecular complexity index is 907. The maximum Gasteiger partial charge on any atom is 0.330 e. The third-order valence-corrected chi connectivity index (χ3v) is 5.17. The van der Waals surface area contributed by atoms with Crippen LogP contribution in [0, 0.1) is 0 Å². The Kier molecular flexibility index (Phi) is 12.3. The van der Waals surface area contributed by atoms with Gasteiger partial charge >= 0.3 is 5.97 Å². The smallest absolute Gasteiger partial charge is 0.330 e. The summed E-state index contributed by atoms with van der Waals surface area (Å²) in [5.41, 5.74) is 2.14. The van der Waals surface area contributed by atoms with Gasteiger partial charge in [0.15, 0.2) is 6.29 Å². The molecule has 0 radical (unpaired) electrons. The lowest BCUT2D eigenvalue weighted by atomic mass is 9.98.